The van der Waals surface area contributed by atoms with Gasteiger partial charge < -0.3 is 4.90 Å². The van der Waals surface area contributed by atoms with Crippen LogP contribution in [0.2, 0.25) is 0 Å². The summed E-state index contributed by atoms with van der Waals surface area (Å²) in [5.41, 5.74) is 0.708. The zero-order valence-corrected chi connectivity index (χ0v) is 10.4. The summed E-state index contributed by atoms with van der Waals surface area (Å²) in [6, 6.07) is 0. The van der Waals surface area contributed by atoms with Crippen LogP contribution in [-0.4, -0.2) is 24.0 Å². The van der Waals surface area contributed by atoms with Gasteiger partial charge in [0.25, 0.3) is 0 Å². The Morgan fingerprint density at radius 2 is 1.54 bits per heavy atom. The molecule has 1 unspecified atom stereocenters. The Kier molecular flexibility index (Phi) is 5.62. The van der Waals surface area contributed by atoms with Gasteiger partial charge in [-0.25, -0.2) is 0 Å². The van der Waals surface area contributed by atoms with Crippen molar-refractivity contribution in [3.8, 4) is 0 Å². The minimum Gasteiger partial charge on any atom is -0.300 e. The van der Waals surface area contributed by atoms with Crippen molar-refractivity contribution in [2.45, 2.75) is 59.4 Å². The molecule has 1 spiro atoms. The maximum Gasteiger partial charge on any atom is 0.0211 e. The van der Waals surface area contributed by atoms with Gasteiger partial charge in [-0.2, -0.15) is 0 Å². The van der Waals surface area contributed by atoms with Gasteiger partial charge in [0.05, 0.1) is 0 Å². The monoisotopic (exact) mass is 185 g/mol. The molecule has 1 nitrogen and oxygen atoms in total. The van der Waals surface area contributed by atoms with Crippen LogP contribution in [0.25, 0.3) is 0 Å². The van der Waals surface area contributed by atoms with Crippen molar-refractivity contribution in [2.75, 3.05) is 13.6 Å². The molecule has 2 fully saturated rings. The number of hydrogen-bond donors (Lipinski definition) is 0. The van der Waals surface area contributed by atoms with E-state index in [1.165, 1.54) is 25.8 Å². The third-order valence-electron chi connectivity index (χ3n) is 2.95. The molecule has 2 aliphatic rings. The first-order chi connectivity index (χ1) is 6.23. The molecule has 0 amide bonds. The first kappa shape index (κ1) is 13.0. The number of hydrogen-bond acceptors (Lipinski definition) is 1. The van der Waals surface area contributed by atoms with Crippen molar-refractivity contribution >= 4 is 0 Å². The lowest BCUT2D eigenvalue weighted by molar-refractivity contribution is 0.290. The van der Waals surface area contributed by atoms with Crippen LogP contribution in [0.15, 0.2) is 0 Å². The molecule has 13 heavy (non-hydrogen) atoms. The first-order valence-electron chi connectivity index (χ1n) is 5.94. The van der Waals surface area contributed by atoms with Gasteiger partial charge >= 0.3 is 0 Å². The Hall–Kier alpha value is -0.0400. The van der Waals surface area contributed by atoms with E-state index in [-0.39, 0.29) is 0 Å². The molecule has 0 aromatic carbocycles. The Morgan fingerprint density at radius 3 is 1.69 bits per heavy atom. The zero-order valence-electron chi connectivity index (χ0n) is 10.4. The minimum absolute atomic E-state index is 0.708. The summed E-state index contributed by atoms with van der Waals surface area (Å²) in [6.07, 6.45) is 4.39. The van der Waals surface area contributed by atoms with E-state index < -0.39 is 0 Å². The Balaban J connectivity index is 0.000000322. The average Bonchev–Trinajstić information content (AvgIpc) is 2.86. The van der Waals surface area contributed by atoms with Crippen LogP contribution in [-0.2, 0) is 0 Å². The highest BCUT2D eigenvalue weighted by atomic mass is 15.2. The average molecular weight is 185 g/mol. The highest BCUT2D eigenvalue weighted by molar-refractivity contribution is 5.07. The first-order valence-corrected chi connectivity index (χ1v) is 5.94. The summed E-state index contributed by atoms with van der Waals surface area (Å²) in [7, 11) is 2.27. The van der Waals surface area contributed by atoms with Crippen LogP contribution in [0, 0.1) is 5.92 Å². The van der Waals surface area contributed by atoms with E-state index in [0.717, 1.165) is 5.92 Å². The predicted molar refractivity (Wildman–Crippen MR) is 61.1 cm³/mol. The molecule has 2 rings (SSSR count). The fourth-order valence-corrected chi connectivity index (χ4v) is 2.26. The van der Waals surface area contributed by atoms with Crippen molar-refractivity contribution in [3.63, 3.8) is 0 Å². The van der Waals surface area contributed by atoms with Crippen LogP contribution >= 0.6 is 0 Å². The van der Waals surface area contributed by atoms with Crippen molar-refractivity contribution in [2.24, 2.45) is 5.92 Å². The van der Waals surface area contributed by atoms with Gasteiger partial charge in [-0.1, -0.05) is 34.6 Å². The number of nitrogens with zero attached hydrogens (tertiary/aromatic N) is 1. The third-order valence-corrected chi connectivity index (χ3v) is 2.95. The van der Waals surface area contributed by atoms with Crippen LogP contribution in [0.5, 0.6) is 0 Å². The molecule has 0 N–H and O–H groups in total. The van der Waals surface area contributed by atoms with E-state index in [0.29, 0.717) is 5.54 Å². The van der Waals surface area contributed by atoms with Crippen LogP contribution in [0.3, 0.4) is 0 Å². The molecule has 0 bridgehead atoms. The molecule has 1 heteroatoms. The molecule has 1 saturated heterocycles. The van der Waals surface area contributed by atoms with E-state index >= 15 is 0 Å². The molecule has 1 saturated carbocycles. The lowest BCUT2D eigenvalue weighted by atomic mass is 10.1. The fraction of sp³-hybridized carbons (Fsp3) is 1.00. The predicted octanol–water partition coefficient (Wildman–Crippen LogP) is 3.54. The maximum atomic E-state index is 2.55. The van der Waals surface area contributed by atoms with Crippen molar-refractivity contribution in [1.82, 2.24) is 4.90 Å². The maximum absolute atomic E-state index is 2.55. The smallest absolute Gasteiger partial charge is 0.0211 e. The van der Waals surface area contributed by atoms with Crippen LogP contribution in [0.1, 0.15) is 53.9 Å². The Morgan fingerprint density at radius 1 is 1.08 bits per heavy atom. The lowest BCUT2D eigenvalue weighted by Gasteiger charge is -2.16. The molecule has 0 radical (unpaired) electrons. The fourth-order valence-electron chi connectivity index (χ4n) is 2.26. The Bertz CT molecular complexity index is 127. The Labute approximate surface area is 84.5 Å². The van der Waals surface area contributed by atoms with Crippen molar-refractivity contribution in [1.29, 1.82) is 0 Å². The molecule has 1 aliphatic heterocycles. The van der Waals surface area contributed by atoms with Gasteiger partial charge in [-0.3, -0.25) is 0 Å². The molecule has 1 atom stereocenters. The van der Waals surface area contributed by atoms with Gasteiger partial charge in [-0.15, -0.1) is 0 Å². The molecule has 1 heterocycles. The summed E-state index contributed by atoms with van der Waals surface area (Å²) in [6.45, 7) is 11.7. The highest BCUT2D eigenvalue weighted by Gasteiger charge is 2.50. The second-order valence-corrected chi connectivity index (χ2v) is 3.91. The molecule has 1 aliphatic carbocycles. The molecular weight excluding hydrogens is 158 g/mol. The summed E-state index contributed by atoms with van der Waals surface area (Å²) in [5.74, 6) is 0.956. The van der Waals surface area contributed by atoms with Crippen molar-refractivity contribution < 1.29 is 0 Å². The summed E-state index contributed by atoms with van der Waals surface area (Å²) >= 11 is 0. The van der Waals surface area contributed by atoms with E-state index in [1.807, 2.05) is 27.7 Å². The SMILES string of the molecule is CC.CC.CC1CN(C)C2(CC2)C1. The minimum atomic E-state index is 0.708. The van der Waals surface area contributed by atoms with E-state index in [1.54, 1.807) is 0 Å². The van der Waals surface area contributed by atoms with E-state index in [4.69, 9.17) is 0 Å². The van der Waals surface area contributed by atoms with E-state index in [9.17, 15) is 0 Å². The highest BCUT2D eigenvalue weighted by Crippen LogP contribution is 2.50. The van der Waals surface area contributed by atoms with Gasteiger partial charge in [-0.05, 0) is 32.2 Å². The van der Waals surface area contributed by atoms with Crippen LogP contribution in [0.4, 0.5) is 0 Å². The number of likely N-dealkylation sites (tertiary alicyclic amines) is 1. The summed E-state index contributed by atoms with van der Waals surface area (Å²) < 4.78 is 0. The van der Waals surface area contributed by atoms with Gasteiger partial charge in [0.15, 0.2) is 0 Å². The second kappa shape index (κ2) is 5.64. The zero-order chi connectivity index (χ0) is 10.5. The van der Waals surface area contributed by atoms with Crippen LogP contribution < -0.4 is 0 Å². The second-order valence-electron chi connectivity index (χ2n) is 3.91. The standard InChI is InChI=1S/C8H15N.2C2H6/c1-7-5-8(3-4-8)9(2)6-7;2*1-2/h7H,3-6H2,1-2H3;2*1-2H3. The van der Waals surface area contributed by atoms with Gasteiger partial charge in [0, 0.05) is 12.1 Å². The van der Waals surface area contributed by atoms with Gasteiger partial charge in [0.2, 0.25) is 0 Å². The molecule has 0 aromatic rings. The molecular formula is C12H27N. The normalized spacial score (nSPS) is 28.6. The quantitative estimate of drug-likeness (QED) is 0.558. The summed E-state index contributed by atoms with van der Waals surface area (Å²) in [4.78, 5) is 2.55. The summed E-state index contributed by atoms with van der Waals surface area (Å²) in [5, 5.41) is 0. The molecule has 80 valence electrons. The molecule has 0 aromatic heterocycles. The largest absolute Gasteiger partial charge is 0.300 e. The van der Waals surface area contributed by atoms with Gasteiger partial charge in [0.1, 0.15) is 0 Å². The third kappa shape index (κ3) is 2.98. The number of rotatable bonds is 0. The van der Waals surface area contributed by atoms with E-state index in [2.05, 4.69) is 18.9 Å². The van der Waals surface area contributed by atoms with Crippen molar-refractivity contribution in [3.05, 3.63) is 0 Å². The topological polar surface area (TPSA) is 3.24 Å². The lowest BCUT2D eigenvalue weighted by Crippen LogP contribution is -2.26.